The topological polar surface area (TPSA) is 28.5 Å². The van der Waals surface area contributed by atoms with Gasteiger partial charge < -0.3 is 4.57 Å². The summed E-state index contributed by atoms with van der Waals surface area (Å²) < 4.78 is 2.18. The second-order valence-corrected chi connectivity index (χ2v) is 7.78. The molecular weight excluding hydrogens is 322 g/mol. The van der Waals surface area contributed by atoms with Crippen LogP contribution in [0, 0.1) is 20.8 Å². The van der Waals surface area contributed by atoms with Crippen LogP contribution in [0.15, 0.2) is 30.3 Å². The minimum atomic E-state index is 0.231. The molecule has 1 saturated heterocycles. The third-order valence-corrected chi connectivity index (χ3v) is 5.53. The molecule has 0 aliphatic carbocycles. The van der Waals surface area contributed by atoms with Crippen molar-refractivity contribution >= 4 is 5.78 Å². The summed E-state index contributed by atoms with van der Waals surface area (Å²) in [6.45, 7) is 15.3. The van der Waals surface area contributed by atoms with Crippen molar-refractivity contribution in [3.8, 4) is 5.69 Å². The number of hydrogen-bond acceptors (Lipinski definition) is 3. The molecule has 0 bridgehead atoms. The van der Waals surface area contributed by atoms with Crippen molar-refractivity contribution in [1.82, 2.24) is 14.4 Å². The molecule has 1 aromatic carbocycles. The van der Waals surface area contributed by atoms with Gasteiger partial charge in [0, 0.05) is 54.9 Å². The summed E-state index contributed by atoms with van der Waals surface area (Å²) >= 11 is 0. The van der Waals surface area contributed by atoms with Crippen LogP contribution in [0.3, 0.4) is 0 Å². The van der Waals surface area contributed by atoms with Gasteiger partial charge >= 0.3 is 0 Å². The fourth-order valence-electron chi connectivity index (χ4n) is 3.86. The van der Waals surface area contributed by atoms with E-state index in [0.717, 1.165) is 48.8 Å². The lowest BCUT2D eigenvalue weighted by atomic mass is 10.1. The van der Waals surface area contributed by atoms with Gasteiger partial charge in [0.25, 0.3) is 0 Å². The molecule has 3 rings (SSSR count). The fraction of sp³-hybridized carbons (Fsp3) is 0.500. The van der Waals surface area contributed by atoms with Gasteiger partial charge in [-0.2, -0.15) is 0 Å². The number of piperazine rings is 1. The Labute approximate surface area is 157 Å². The summed E-state index contributed by atoms with van der Waals surface area (Å²) in [4.78, 5) is 17.7. The maximum Gasteiger partial charge on any atom is 0.178 e. The smallest absolute Gasteiger partial charge is 0.178 e. The lowest BCUT2D eigenvalue weighted by molar-refractivity contribution is 0.0806. The molecule has 1 aromatic heterocycles. The molecule has 0 amide bonds. The Morgan fingerprint density at radius 1 is 1.00 bits per heavy atom. The van der Waals surface area contributed by atoms with Gasteiger partial charge in [0.1, 0.15) is 0 Å². The summed E-state index contributed by atoms with van der Waals surface area (Å²) in [5.41, 5.74) is 5.37. The Hall–Kier alpha value is -1.91. The van der Waals surface area contributed by atoms with Crippen LogP contribution in [-0.4, -0.2) is 58.9 Å². The van der Waals surface area contributed by atoms with E-state index >= 15 is 0 Å². The number of rotatable bonds is 5. The highest BCUT2D eigenvalue weighted by atomic mass is 16.1. The first-order chi connectivity index (χ1) is 12.4. The number of Topliss-reactive ketones (excluding diaryl/α,β-unsaturated/α-hetero) is 1. The fourth-order valence-corrected chi connectivity index (χ4v) is 3.86. The van der Waals surface area contributed by atoms with E-state index < -0.39 is 0 Å². The first-order valence-corrected chi connectivity index (χ1v) is 9.62. The number of carbonyl (C=O) groups excluding carboxylic acids is 1. The van der Waals surface area contributed by atoms with Gasteiger partial charge in [-0.25, -0.2) is 0 Å². The van der Waals surface area contributed by atoms with Crippen molar-refractivity contribution in [3.63, 3.8) is 0 Å². The monoisotopic (exact) mass is 353 g/mol. The maximum absolute atomic E-state index is 12.9. The zero-order chi connectivity index (χ0) is 18.8. The molecule has 1 fully saturated rings. The second-order valence-electron chi connectivity index (χ2n) is 7.78. The third kappa shape index (κ3) is 3.92. The predicted octanol–water partition coefficient (Wildman–Crippen LogP) is 3.61. The van der Waals surface area contributed by atoms with Gasteiger partial charge in [0.2, 0.25) is 0 Å². The molecule has 0 saturated carbocycles. The van der Waals surface area contributed by atoms with Crippen LogP contribution in [0.2, 0.25) is 0 Å². The van der Waals surface area contributed by atoms with E-state index in [1.807, 2.05) is 6.07 Å². The summed E-state index contributed by atoms with van der Waals surface area (Å²) in [5, 5.41) is 0. The van der Waals surface area contributed by atoms with Gasteiger partial charge in [-0.3, -0.25) is 14.6 Å². The molecule has 0 unspecified atom stereocenters. The minimum absolute atomic E-state index is 0.231. The Bertz CT molecular complexity index is 765. The Kier molecular flexibility index (Phi) is 5.64. The van der Waals surface area contributed by atoms with E-state index in [4.69, 9.17) is 0 Å². The number of carbonyl (C=O) groups is 1. The van der Waals surface area contributed by atoms with Crippen LogP contribution < -0.4 is 0 Å². The van der Waals surface area contributed by atoms with Crippen molar-refractivity contribution < 1.29 is 4.79 Å². The highest BCUT2D eigenvalue weighted by molar-refractivity contribution is 5.99. The molecule has 1 aliphatic heterocycles. The average molecular weight is 354 g/mol. The molecule has 4 nitrogen and oxygen atoms in total. The average Bonchev–Trinajstić information content (AvgIpc) is 2.91. The molecule has 0 spiro atoms. The summed E-state index contributed by atoms with van der Waals surface area (Å²) in [7, 11) is 0. The van der Waals surface area contributed by atoms with Gasteiger partial charge in [-0.05, 0) is 52.8 Å². The highest BCUT2D eigenvalue weighted by Gasteiger charge is 2.23. The molecule has 2 aromatic rings. The van der Waals surface area contributed by atoms with E-state index in [1.54, 1.807) is 0 Å². The summed E-state index contributed by atoms with van der Waals surface area (Å²) in [5.74, 6) is 0.231. The van der Waals surface area contributed by atoms with Crippen LogP contribution in [0.5, 0.6) is 0 Å². The van der Waals surface area contributed by atoms with E-state index in [0.29, 0.717) is 12.6 Å². The molecule has 26 heavy (non-hydrogen) atoms. The van der Waals surface area contributed by atoms with E-state index in [2.05, 4.69) is 73.3 Å². The van der Waals surface area contributed by atoms with Gasteiger partial charge in [-0.15, -0.1) is 0 Å². The third-order valence-electron chi connectivity index (χ3n) is 5.53. The Morgan fingerprint density at radius 2 is 1.62 bits per heavy atom. The number of hydrogen-bond donors (Lipinski definition) is 0. The van der Waals surface area contributed by atoms with Crippen LogP contribution in [0.25, 0.3) is 5.69 Å². The SMILES string of the molecule is Cc1ccc(-n2c(C)cc(C(=O)CN3CCN(C(C)C)CC3)c2C)cc1. The largest absolute Gasteiger partial charge is 0.318 e. The first-order valence-electron chi connectivity index (χ1n) is 9.62. The number of benzene rings is 1. The molecule has 1 aliphatic rings. The van der Waals surface area contributed by atoms with Gasteiger partial charge in [-0.1, -0.05) is 17.7 Å². The highest BCUT2D eigenvalue weighted by Crippen LogP contribution is 2.22. The van der Waals surface area contributed by atoms with Crippen molar-refractivity contribution in [3.05, 3.63) is 52.8 Å². The van der Waals surface area contributed by atoms with Crippen LogP contribution >= 0.6 is 0 Å². The van der Waals surface area contributed by atoms with E-state index in [9.17, 15) is 4.79 Å². The van der Waals surface area contributed by atoms with E-state index in [-0.39, 0.29) is 5.78 Å². The second kappa shape index (κ2) is 7.77. The quantitative estimate of drug-likeness (QED) is 0.769. The zero-order valence-corrected chi connectivity index (χ0v) is 16.7. The van der Waals surface area contributed by atoms with Crippen LogP contribution in [0.4, 0.5) is 0 Å². The normalized spacial score (nSPS) is 16.4. The molecule has 140 valence electrons. The molecule has 0 atom stereocenters. The number of nitrogens with zero attached hydrogens (tertiary/aromatic N) is 3. The van der Waals surface area contributed by atoms with Crippen molar-refractivity contribution in [1.29, 1.82) is 0 Å². The Morgan fingerprint density at radius 3 is 2.19 bits per heavy atom. The number of ketones is 1. The number of aryl methyl sites for hydroxylation is 2. The first kappa shape index (κ1) is 18.9. The predicted molar refractivity (Wildman–Crippen MR) is 107 cm³/mol. The van der Waals surface area contributed by atoms with Gasteiger partial charge in [0.05, 0.1) is 6.54 Å². The molecule has 4 heteroatoms. The van der Waals surface area contributed by atoms with Crippen molar-refractivity contribution in [2.24, 2.45) is 0 Å². The molecule has 0 radical (unpaired) electrons. The molecule has 2 heterocycles. The van der Waals surface area contributed by atoms with Crippen molar-refractivity contribution in [2.75, 3.05) is 32.7 Å². The number of aromatic nitrogens is 1. The van der Waals surface area contributed by atoms with Crippen molar-refractivity contribution in [2.45, 2.75) is 40.7 Å². The van der Waals surface area contributed by atoms with Crippen LogP contribution in [-0.2, 0) is 0 Å². The lowest BCUT2D eigenvalue weighted by Gasteiger charge is -2.36. The summed E-state index contributed by atoms with van der Waals surface area (Å²) in [6, 6.07) is 11.1. The lowest BCUT2D eigenvalue weighted by Crippen LogP contribution is -2.50. The van der Waals surface area contributed by atoms with Gasteiger partial charge in [0.15, 0.2) is 5.78 Å². The maximum atomic E-state index is 12.9. The molecule has 0 N–H and O–H groups in total. The molecular formula is C22H31N3O. The standard InChI is InChI=1S/C22H31N3O/c1-16(2)24-12-10-23(11-13-24)15-22(26)21-14-18(4)25(19(21)5)20-8-6-17(3)7-9-20/h6-9,14,16H,10-13,15H2,1-5H3. The summed E-state index contributed by atoms with van der Waals surface area (Å²) in [6.07, 6.45) is 0. The van der Waals surface area contributed by atoms with E-state index in [1.165, 1.54) is 5.56 Å². The zero-order valence-electron chi connectivity index (χ0n) is 16.7. The van der Waals surface area contributed by atoms with Crippen LogP contribution in [0.1, 0.15) is 41.2 Å². The minimum Gasteiger partial charge on any atom is -0.318 e. The Balaban J connectivity index is 1.73.